The summed E-state index contributed by atoms with van der Waals surface area (Å²) < 4.78 is 38.2. The van der Waals surface area contributed by atoms with Crippen LogP contribution in [0, 0.1) is 5.92 Å². The van der Waals surface area contributed by atoms with E-state index in [1.54, 1.807) is 0 Å². The van der Waals surface area contributed by atoms with Crippen molar-refractivity contribution in [3.8, 4) is 0 Å². The fourth-order valence-electron chi connectivity index (χ4n) is 2.70. The Kier molecular flexibility index (Phi) is 3.82. The Morgan fingerprint density at radius 3 is 2.50 bits per heavy atom. The van der Waals surface area contributed by atoms with Crippen LogP contribution in [0.3, 0.4) is 0 Å². The molecule has 20 heavy (non-hydrogen) atoms. The van der Waals surface area contributed by atoms with Gasteiger partial charge in [-0.2, -0.15) is 13.2 Å². The molecule has 2 atom stereocenters. The van der Waals surface area contributed by atoms with Crippen LogP contribution in [0.4, 0.5) is 24.5 Å². The average molecular weight is 288 g/mol. The molecule has 1 aliphatic rings. The molecule has 1 saturated heterocycles. The van der Waals surface area contributed by atoms with E-state index in [0.717, 1.165) is 12.3 Å². The second kappa shape index (κ2) is 5.12. The number of rotatable bonds is 2. The fourth-order valence-corrected chi connectivity index (χ4v) is 2.70. The third-order valence-corrected chi connectivity index (χ3v) is 3.78. The van der Waals surface area contributed by atoms with Crippen molar-refractivity contribution in [1.82, 2.24) is 9.88 Å². The van der Waals surface area contributed by atoms with Crippen molar-refractivity contribution >= 4 is 11.4 Å². The number of hydrogen-bond acceptors (Lipinski definition) is 4. The van der Waals surface area contributed by atoms with Gasteiger partial charge in [-0.3, -0.25) is 0 Å². The highest BCUT2D eigenvalue weighted by atomic mass is 19.4. The summed E-state index contributed by atoms with van der Waals surface area (Å²) in [4.78, 5) is 7.36. The van der Waals surface area contributed by atoms with E-state index in [-0.39, 0.29) is 5.69 Å². The smallest absolute Gasteiger partial charge is 0.396 e. The van der Waals surface area contributed by atoms with E-state index in [1.165, 1.54) is 0 Å². The minimum Gasteiger partial charge on any atom is -0.396 e. The fraction of sp³-hybridized carbons (Fsp3) is 0.615. The van der Waals surface area contributed by atoms with Crippen molar-refractivity contribution < 1.29 is 13.2 Å². The topological polar surface area (TPSA) is 45.4 Å². The predicted octanol–water partition coefficient (Wildman–Crippen LogP) is 2.07. The summed E-state index contributed by atoms with van der Waals surface area (Å²) in [6.07, 6.45) is -3.36. The number of nitrogens with two attached hydrogens (primary N) is 1. The lowest BCUT2D eigenvalue weighted by atomic mass is 10.1. The van der Waals surface area contributed by atoms with Gasteiger partial charge in [0.25, 0.3) is 0 Å². The van der Waals surface area contributed by atoms with E-state index in [1.807, 2.05) is 19.0 Å². The summed E-state index contributed by atoms with van der Waals surface area (Å²) in [7, 11) is 3.95. The van der Waals surface area contributed by atoms with E-state index in [0.29, 0.717) is 30.7 Å². The molecule has 0 bridgehead atoms. The second-order valence-corrected chi connectivity index (χ2v) is 5.54. The van der Waals surface area contributed by atoms with Crippen LogP contribution >= 0.6 is 0 Å². The van der Waals surface area contributed by atoms with E-state index in [2.05, 4.69) is 16.8 Å². The maximum atomic E-state index is 12.7. The zero-order chi connectivity index (χ0) is 15.1. The maximum absolute atomic E-state index is 12.7. The molecule has 0 saturated carbocycles. The van der Waals surface area contributed by atoms with Gasteiger partial charge in [0, 0.05) is 19.1 Å². The highest BCUT2D eigenvalue weighted by Gasteiger charge is 2.36. The van der Waals surface area contributed by atoms with Crippen LogP contribution in [0.15, 0.2) is 12.3 Å². The third kappa shape index (κ3) is 2.82. The lowest BCUT2D eigenvalue weighted by Gasteiger charge is -2.24. The molecule has 0 amide bonds. The first kappa shape index (κ1) is 14.9. The van der Waals surface area contributed by atoms with Crippen LogP contribution in [0.25, 0.3) is 0 Å². The van der Waals surface area contributed by atoms with Crippen LogP contribution in [0.2, 0.25) is 0 Å². The van der Waals surface area contributed by atoms with E-state index in [9.17, 15) is 13.2 Å². The molecule has 4 nitrogen and oxygen atoms in total. The van der Waals surface area contributed by atoms with Crippen molar-refractivity contribution in [2.24, 2.45) is 5.92 Å². The Morgan fingerprint density at radius 2 is 2.00 bits per heavy atom. The molecule has 2 rings (SSSR count). The lowest BCUT2D eigenvalue weighted by molar-refractivity contribution is -0.141. The number of nitrogens with zero attached hydrogens (tertiary/aromatic N) is 3. The zero-order valence-electron chi connectivity index (χ0n) is 11.8. The van der Waals surface area contributed by atoms with E-state index < -0.39 is 11.9 Å². The molecule has 2 heterocycles. The van der Waals surface area contributed by atoms with Gasteiger partial charge in [0.2, 0.25) is 0 Å². The molecule has 0 aromatic carbocycles. The van der Waals surface area contributed by atoms with Crippen molar-refractivity contribution in [3.63, 3.8) is 0 Å². The van der Waals surface area contributed by atoms with Crippen LogP contribution < -0.4 is 10.6 Å². The minimum atomic E-state index is -4.45. The molecule has 2 unspecified atom stereocenters. The first-order chi connectivity index (χ1) is 9.20. The molecule has 112 valence electrons. The van der Waals surface area contributed by atoms with Gasteiger partial charge in [0.1, 0.15) is 5.69 Å². The molecule has 0 radical (unpaired) electrons. The Balaban J connectivity index is 2.30. The number of halogens is 3. The summed E-state index contributed by atoms with van der Waals surface area (Å²) in [5.74, 6) is 0.368. The maximum Gasteiger partial charge on any atom is 0.433 e. The Bertz CT molecular complexity index is 487. The first-order valence-corrected chi connectivity index (χ1v) is 6.44. The number of pyridine rings is 1. The van der Waals surface area contributed by atoms with Gasteiger partial charge in [0.05, 0.1) is 17.6 Å². The molecule has 0 spiro atoms. The molecule has 1 aromatic heterocycles. The van der Waals surface area contributed by atoms with Gasteiger partial charge in [-0.1, -0.05) is 6.92 Å². The summed E-state index contributed by atoms with van der Waals surface area (Å²) in [5, 5.41) is 0. The van der Waals surface area contributed by atoms with Gasteiger partial charge in [-0.05, 0) is 26.1 Å². The highest BCUT2D eigenvalue weighted by Crippen LogP contribution is 2.35. The predicted molar refractivity (Wildman–Crippen MR) is 72.5 cm³/mol. The zero-order valence-corrected chi connectivity index (χ0v) is 11.8. The van der Waals surface area contributed by atoms with Gasteiger partial charge >= 0.3 is 6.18 Å². The average Bonchev–Trinajstić information content (AvgIpc) is 2.70. The summed E-state index contributed by atoms with van der Waals surface area (Å²) >= 11 is 0. The molecule has 1 aromatic rings. The summed E-state index contributed by atoms with van der Waals surface area (Å²) in [5.41, 5.74) is 5.60. The van der Waals surface area contributed by atoms with Crippen molar-refractivity contribution in [3.05, 3.63) is 18.0 Å². The number of likely N-dealkylation sites (N-methyl/N-ethyl adjacent to an activating group) is 1. The monoisotopic (exact) mass is 288 g/mol. The number of anilines is 2. The highest BCUT2D eigenvalue weighted by molar-refractivity contribution is 5.67. The second-order valence-electron chi connectivity index (χ2n) is 5.54. The van der Waals surface area contributed by atoms with Crippen LogP contribution in [0.5, 0.6) is 0 Å². The van der Waals surface area contributed by atoms with Gasteiger partial charge in [0.15, 0.2) is 0 Å². The largest absolute Gasteiger partial charge is 0.433 e. The molecular weight excluding hydrogens is 269 g/mol. The quantitative estimate of drug-likeness (QED) is 0.905. The molecule has 1 aliphatic heterocycles. The molecule has 2 N–H and O–H groups in total. The SMILES string of the molecule is CC1CN(c2cc(C(F)(F)F)ncc2N)CC1N(C)C. The Hall–Kier alpha value is -1.50. The Morgan fingerprint density at radius 1 is 1.35 bits per heavy atom. The Labute approximate surface area is 116 Å². The summed E-state index contributed by atoms with van der Waals surface area (Å²) in [6, 6.07) is 1.34. The van der Waals surface area contributed by atoms with Crippen molar-refractivity contribution in [2.75, 3.05) is 37.8 Å². The lowest BCUT2D eigenvalue weighted by Crippen LogP contribution is -2.34. The van der Waals surface area contributed by atoms with Gasteiger partial charge in [-0.15, -0.1) is 0 Å². The van der Waals surface area contributed by atoms with Crippen LogP contribution in [-0.2, 0) is 6.18 Å². The number of hydrogen-bond donors (Lipinski definition) is 1. The molecule has 7 heteroatoms. The normalized spacial score (nSPS) is 23.6. The first-order valence-electron chi connectivity index (χ1n) is 6.44. The molecule has 1 fully saturated rings. The van der Waals surface area contributed by atoms with Crippen LogP contribution in [-0.4, -0.2) is 43.1 Å². The third-order valence-electron chi connectivity index (χ3n) is 3.78. The van der Waals surface area contributed by atoms with Crippen molar-refractivity contribution in [1.29, 1.82) is 0 Å². The molecule has 0 aliphatic carbocycles. The van der Waals surface area contributed by atoms with E-state index >= 15 is 0 Å². The number of aromatic nitrogens is 1. The van der Waals surface area contributed by atoms with Crippen molar-refractivity contribution in [2.45, 2.75) is 19.1 Å². The standard InChI is InChI=1S/C13H19F3N4/c1-8-6-20(7-11(8)19(2)3)10-4-12(13(14,15)16)18-5-9(10)17/h4-5,8,11H,6-7,17H2,1-3H3. The van der Waals surface area contributed by atoms with Gasteiger partial charge < -0.3 is 15.5 Å². The summed E-state index contributed by atoms with van der Waals surface area (Å²) in [6.45, 7) is 3.45. The van der Waals surface area contributed by atoms with Gasteiger partial charge in [-0.25, -0.2) is 4.98 Å². The van der Waals surface area contributed by atoms with Crippen LogP contribution in [0.1, 0.15) is 12.6 Å². The number of nitrogen functional groups attached to an aromatic ring is 1. The van der Waals surface area contributed by atoms with E-state index in [4.69, 9.17) is 5.73 Å². The minimum absolute atomic E-state index is 0.282. The number of alkyl halides is 3. The molecular formula is C13H19F3N4.